The Morgan fingerprint density at radius 1 is 1.31 bits per heavy atom. The summed E-state index contributed by atoms with van der Waals surface area (Å²) in [6.45, 7) is 1.36. The van der Waals surface area contributed by atoms with Gasteiger partial charge in [0.15, 0.2) is 5.78 Å². The van der Waals surface area contributed by atoms with Crippen molar-refractivity contribution in [3.8, 4) is 0 Å². The van der Waals surface area contributed by atoms with Gasteiger partial charge in [-0.05, 0) is 30.5 Å². The van der Waals surface area contributed by atoms with E-state index in [0.717, 1.165) is 12.1 Å². The molecule has 0 aromatic heterocycles. The lowest BCUT2D eigenvalue weighted by molar-refractivity contribution is 0.0993. The Kier molecular flexibility index (Phi) is 2.30. The third-order valence-corrected chi connectivity index (χ3v) is 4.15. The van der Waals surface area contributed by atoms with Gasteiger partial charge in [-0.1, -0.05) is 24.1 Å². The van der Waals surface area contributed by atoms with E-state index >= 15 is 0 Å². The normalized spacial score (nSPS) is 22.4. The summed E-state index contributed by atoms with van der Waals surface area (Å²) < 4.78 is 0. The molecule has 0 radical (unpaired) electrons. The lowest BCUT2D eigenvalue weighted by atomic mass is 9.63. The van der Waals surface area contributed by atoms with Crippen molar-refractivity contribution in [2.75, 3.05) is 13.1 Å². The van der Waals surface area contributed by atoms with Gasteiger partial charge in [0, 0.05) is 22.5 Å². The second-order valence-corrected chi connectivity index (χ2v) is 5.29. The van der Waals surface area contributed by atoms with Crippen LogP contribution in [0.15, 0.2) is 18.2 Å². The number of carbonyl (C=O) groups excluding carboxylic acids is 1. The quantitative estimate of drug-likeness (QED) is 0.749. The van der Waals surface area contributed by atoms with Gasteiger partial charge in [-0.2, -0.15) is 0 Å². The number of fused-ring (bicyclic) bond motifs is 2. The third kappa shape index (κ3) is 1.40. The number of benzene rings is 1. The number of Topliss-reactive ketones (excluding diaryl/α,β-unsaturated/α-hetero) is 1. The van der Waals surface area contributed by atoms with Gasteiger partial charge in [0.05, 0.1) is 6.54 Å². The van der Waals surface area contributed by atoms with E-state index in [4.69, 9.17) is 11.6 Å². The summed E-state index contributed by atoms with van der Waals surface area (Å²) in [5, 5.41) is 3.92. The molecule has 1 heterocycles. The van der Waals surface area contributed by atoms with Crippen LogP contribution in [-0.2, 0) is 5.41 Å². The maximum absolute atomic E-state index is 12.0. The number of nitrogens with one attached hydrogen (secondary N) is 1. The van der Waals surface area contributed by atoms with Crippen LogP contribution in [0.2, 0.25) is 5.02 Å². The first-order valence-electron chi connectivity index (χ1n) is 5.75. The molecule has 2 aliphatic rings. The molecule has 1 aliphatic heterocycles. The molecule has 3 rings (SSSR count). The molecule has 0 amide bonds. The number of halogens is 1. The molecule has 0 bridgehead atoms. The molecule has 84 valence electrons. The molecule has 1 aromatic rings. The zero-order valence-electron chi connectivity index (χ0n) is 9.05. The van der Waals surface area contributed by atoms with E-state index in [1.165, 1.54) is 24.8 Å². The largest absolute Gasteiger partial charge is 0.309 e. The minimum Gasteiger partial charge on any atom is -0.309 e. The molecule has 1 spiro atoms. The lowest BCUT2D eigenvalue weighted by Gasteiger charge is -2.42. The number of rotatable bonds is 0. The van der Waals surface area contributed by atoms with Crippen LogP contribution in [0, 0.1) is 0 Å². The van der Waals surface area contributed by atoms with E-state index in [1.54, 1.807) is 0 Å². The van der Waals surface area contributed by atoms with Crippen LogP contribution in [0.5, 0.6) is 0 Å². The molecule has 1 saturated carbocycles. The molecule has 0 atom stereocenters. The summed E-state index contributed by atoms with van der Waals surface area (Å²) >= 11 is 5.98. The van der Waals surface area contributed by atoms with Gasteiger partial charge >= 0.3 is 0 Å². The van der Waals surface area contributed by atoms with Crippen LogP contribution < -0.4 is 5.32 Å². The van der Waals surface area contributed by atoms with Crippen LogP contribution >= 0.6 is 11.6 Å². The van der Waals surface area contributed by atoms with Gasteiger partial charge in [-0.15, -0.1) is 0 Å². The smallest absolute Gasteiger partial charge is 0.176 e. The van der Waals surface area contributed by atoms with E-state index in [9.17, 15) is 4.79 Å². The van der Waals surface area contributed by atoms with Crippen LogP contribution in [0.3, 0.4) is 0 Å². The van der Waals surface area contributed by atoms with Crippen molar-refractivity contribution < 1.29 is 4.79 Å². The minimum atomic E-state index is 0.168. The molecular formula is C13H14ClNO. The Bertz CT molecular complexity index is 451. The lowest BCUT2D eigenvalue weighted by Crippen LogP contribution is -2.42. The molecule has 16 heavy (non-hydrogen) atoms. The van der Waals surface area contributed by atoms with E-state index < -0.39 is 0 Å². The average molecular weight is 236 g/mol. The van der Waals surface area contributed by atoms with Crippen molar-refractivity contribution in [3.05, 3.63) is 34.3 Å². The van der Waals surface area contributed by atoms with E-state index in [2.05, 4.69) is 5.32 Å². The summed E-state index contributed by atoms with van der Waals surface area (Å²) in [6, 6.07) is 5.77. The second kappa shape index (κ2) is 3.57. The topological polar surface area (TPSA) is 29.1 Å². The van der Waals surface area contributed by atoms with E-state index in [1.807, 2.05) is 18.2 Å². The van der Waals surface area contributed by atoms with E-state index in [0.29, 0.717) is 11.6 Å². The average Bonchev–Trinajstić information content (AvgIpc) is 2.35. The highest BCUT2D eigenvalue weighted by molar-refractivity contribution is 6.31. The van der Waals surface area contributed by atoms with Crippen LogP contribution in [0.4, 0.5) is 0 Å². The van der Waals surface area contributed by atoms with Gasteiger partial charge in [-0.25, -0.2) is 0 Å². The third-order valence-electron chi connectivity index (χ3n) is 3.91. The minimum absolute atomic E-state index is 0.168. The van der Waals surface area contributed by atoms with Gasteiger partial charge < -0.3 is 5.32 Å². The summed E-state index contributed by atoms with van der Waals surface area (Å²) in [7, 11) is 0. The Hall–Kier alpha value is -0.860. The number of hydrogen-bond acceptors (Lipinski definition) is 2. The molecule has 0 unspecified atom stereocenters. The maximum Gasteiger partial charge on any atom is 0.176 e. The zero-order valence-corrected chi connectivity index (χ0v) is 9.81. The zero-order chi connectivity index (χ0) is 11.2. The predicted octanol–water partition coefficient (Wildman–Crippen LogP) is 2.55. The highest BCUT2D eigenvalue weighted by Gasteiger charge is 2.42. The first kappa shape index (κ1) is 10.3. The summed E-state index contributed by atoms with van der Waals surface area (Å²) in [5.41, 5.74) is 2.24. The summed E-state index contributed by atoms with van der Waals surface area (Å²) in [4.78, 5) is 12.0. The second-order valence-electron chi connectivity index (χ2n) is 4.85. The monoisotopic (exact) mass is 235 g/mol. The Morgan fingerprint density at radius 2 is 2.12 bits per heavy atom. The molecule has 2 nitrogen and oxygen atoms in total. The fraction of sp³-hybridized carbons (Fsp3) is 0.462. The highest BCUT2D eigenvalue weighted by Crippen LogP contribution is 2.45. The number of ketones is 1. The molecule has 1 fully saturated rings. The molecule has 3 heteroatoms. The maximum atomic E-state index is 12.0. The van der Waals surface area contributed by atoms with Crippen molar-refractivity contribution in [1.29, 1.82) is 0 Å². The first-order valence-corrected chi connectivity index (χ1v) is 6.13. The fourth-order valence-electron chi connectivity index (χ4n) is 2.87. The summed E-state index contributed by atoms with van der Waals surface area (Å²) in [6.07, 6.45) is 3.63. The fourth-order valence-corrected chi connectivity index (χ4v) is 3.04. The standard InChI is InChI=1S/C13H14ClNO/c14-9-2-3-11-10(6-9)12(16)7-15-8-13(11)4-1-5-13/h2-3,6,15H,1,4-5,7-8H2. The SMILES string of the molecule is O=C1CNCC2(CCC2)c2ccc(Cl)cc21. The van der Waals surface area contributed by atoms with Gasteiger partial charge in [0.2, 0.25) is 0 Å². The van der Waals surface area contributed by atoms with Gasteiger partial charge in [-0.3, -0.25) is 4.79 Å². The molecule has 1 N–H and O–H groups in total. The Labute approximate surface area is 100.0 Å². The first-order chi connectivity index (χ1) is 7.71. The van der Waals surface area contributed by atoms with E-state index in [-0.39, 0.29) is 11.2 Å². The Balaban J connectivity index is 2.16. The van der Waals surface area contributed by atoms with Crippen LogP contribution in [0.25, 0.3) is 0 Å². The Morgan fingerprint density at radius 3 is 2.81 bits per heavy atom. The van der Waals surface area contributed by atoms with Crippen molar-refractivity contribution in [1.82, 2.24) is 5.32 Å². The molecule has 1 aliphatic carbocycles. The molecule has 1 aromatic carbocycles. The number of hydrogen-bond donors (Lipinski definition) is 1. The number of carbonyl (C=O) groups is 1. The molecule has 0 saturated heterocycles. The van der Waals surface area contributed by atoms with Crippen molar-refractivity contribution >= 4 is 17.4 Å². The van der Waals surface area contributed by atoms with Crippen LogP contribution in [0.1, 0.15) is 35.2 Å². The predicted molar refractivity (Wildman–Crippen MR) is 64.2 cm³/mol. The van der Waals surface area contributed by atoms with Crippen molar-refractivity contribution in [3.63, 3.8) is 0 Å². The van der Waals surface area contributed by atoms with Gasteiger partial charge in [0.25, 0.3) is 0 Å². The molecular weight excluding hydrogens is 222 g/mol. The van der Waals surface area contributed by atoms with Crippen molar-refractivity contribution in [2.45, 2.75) is 24.7 Å². The van der Waals surface area contributed by atoms with Crippen molar-refractivity contribution in [2.24, 2.45) is 0 Å². The summed E-state index contributed by atoms with van der Waals surface area (Å²) in [5.74, 6) is 0.168. The highest BCUT2D eigenvalue weighted by atomic mass is 35.5. The van der Waals surface area contributed by atoms with Crippen LogP contribution in [-0.4, -0.2) is 18.9 Å². The van der Waals surface area contributed by atoms with Gasteiger partial charge in [0.1, 0.15) is 0 Å².